The number of carbonyl (C=O) groups is 2. The Morgan fingerprint density at radius 3 is 2.27 bits per heavy atom. The van der Waals surface area contributed by atoms with Crippen LogP contribution >= 0.6 is 58.8 Å². The van der Waals surface area contributed by atoms with Crippen molar-refractivity contribution in [2.45, 2.75) is 82.4 Å². The van der Waals surface area contributed by atoms with Gasteiger partial charge in [0.25, 0.3) is 5.91 Å². The van der Waals surface area contributed by atoms with Crippen LogP contribution in [0.25, 0.3) is 5.57 Å². The Hall–Kier alpha value is -2.65. The number of fused-ring (bicyclic) bond motifs is 2. The Balaban J connectivity index is 0.00000583. The van der Waals surface area contributed by atoms with Crippen LogP contribution in [0.2, 0.25) is 5.02 Å². The highest BCUT2D eigenvalue weighted by molar-refractivity contribution is 6.68. The number of nitrogens with one attached hydrogen (secondary N) is 1. The highest BCUT2D eigenvalue weighted by Crippen LogP contribution is 2.43. The summed E-state index contributed by atoms with van der Waals surface area (Å²) in [5, 5.41) is 4.01. The van der Waals surface area contributed by atoms with E-state index < -0.39 is 21.5 Å². The van der Waals surface area contributed by atoms with Crippen molar-refractivity contribution >= 4 is 76.4 Å². The van der Waals surface area contributed by atoms with Gasteiger partial charge in [-0.15, -0.1) is 12.4 Å². The molecule has 3 aromatic carbocycles. The Bertz CT molecular complexity index is 1760. The zero-order chi connectivity index (χ0) is 36.4. The highest BCUT2D eigenvalue weighted by Gasteiger charge is 2.50. The van der Waals surface area contributed by atoms with E-state index in [4.69, 9.17) is 55.9 Å². The van der Waals surface area contributed by atoms with E-state index in [0.29, 0.717) is 49.8 Å². The smallest absolute Gasteiger partial charge is 0.411 e. The van der Waals surface area contributed by atoms with E-state index in [-0.39, 0.29) is 24.4 Å². The lowest BCUT2D eigenvalue weighted by Crippen LogP contribution is -2.64. The Morgan fingerprint density at radius 1 is 0.961 bits per heavy atom. The van der Waals surface area contributed by atoms with E-state index in [0.717, 1.165) is 45.6 Å². The third-order valence-electron chi connectivity index (χ3n) is 9.81. The lowest BCUT2D eigenvalue weighted by Gasteiger charge is -2.48. The highest BCUT2D eigenvalue weighted by atomic mass is 35.6. The molecule has 2 unspecified atom stereocenters. The van der Waals surface area contributed by atoms with Crippen LogP contribution in [0.5, 0.6) is 5.75 Å². The number of aryl methyl sites for hydroxylation is 2. The molecule has 2 atom stereocenters. The van der Waals surface area contributed by atoms with Gasteiger partial charge in [0, 0.05) is 43.2 Å². The first-order chi connectivity index (χ1) is 23.6. The second-order valence-corrected chi connectivity index (χ2v) is 16.3. The van der Waals surface area contributed by atoms with Crippen LogP contribution in [-0.4, -0.2) is 69.5 Å². The molecule has 7 nitrogen and oxygen atoms in total. The molecule has 0 aliphatic carbocycles. The first-order valence-corrected chi connectivity index (χ1v) is 18.5. The number of likely N-dealkylation sites (N-methyl/N-ethyl adjacent to an activating group) is 1. The van der Waals surface area contributed by atoms with E-state index >= 15 is 0 Å². The number of rotatable bonds is 10. The average Bonchev–Trinajstić information content (AvgIpc) is 3.06. The van der Waals surface area contributed by atoms with Crippen LogP contribution in [0.4, 0.5) is 4.79 Å². The summed E-state index contributed by atoms with van der Waals surface area (Å²) in [4.78, 5) is 32.0. The summed E-state index contributed by atoms with van der Waals surface area (Å²) < 4.78 is 10.2. The van der Waals surface area contributed by atoms with Gasteiger partial charge in [-0.05, 0) is 93.0 Å². The van der Waals surface area contributed by atoms with E-state index in [1.165, 1.54) is 5.56 Å². The molecule has 12 heteroatoms. The Kier molecular flexibility index (Phi) is 13.7. The molecule has 0 radical (unpaired) electrons. The summed E-state index contributed by atoms with van der Waals surface area (Å²) in [5.41, 5.74) is 6.40. The molecule has 2 bridgehead atoms. The molecule has 1 fully saturated rings. The molecule has 0 spiro atoms. The number of nitrogens with zero attached hydrogens (tertiary/aromatic N) is 2. The van der Waals surface area contributed by atoms with Crippen molar-refractivity contribution in [1.82, 2.24) is 15.1 Å². The van der Waals surface area contributed by atoms with Gasteiger partial charge in [-0.3, -0.25) is 9.69 Å². The fourth-order valence-corrected chi connectivity index (χ4v) is 6.88. The maximum absolute atomic E-state index is 14.7. The molecular formula is C39H46Cl5N3O4. The normalized spacial score (nSPS) is 17.5. The van der Waals surface area contributed by atoms with Crippen molar-refractivity contribution in [3.05, 3.63) is 105 Å². The summed E-state index contributed by atoms with van der Waals surface area (Å²) >= 11 is 25.1. The molecule has 0 aromatic heterocycles. The fraction of sp³-hybridized carbons (Fsp3) is 0.436. The third-order valence-corrected chi connectivity index (χ3v) is 11.5. The summed E-state index contributed by atoms with van der Waals surface area (Å²) in [6, 6.07) is 19.1. The van der Waals surface area contributed by atoms with E-state index in [1.807, 2.05) is 31.2 Å². The lowest BCUT2D eigenvalue weighted by atomic mass is 9.81. The minimum absolute atomic E-state index is 0. The lowest BCUT2D eigenvalue weighted by molar-refractivity contribution is -0.128. The summed E-state index contributed by atoms with van der Waals surface area (Å²) in [5.74, 6) is 0.768. The number of amides is 2. The molecule has 276 valence electrons. The largest absolute Gasteiger partial charge is 0.493 e. The monoisotopic (exact) mass is 795 g/mol. The predicted molar refractivity (Wildman–Crippen MR) is 211 cm³/mol. The molecule has 1 saturated heterocycles. The van der Waals surface area contributed by atoms with Gasteiger partial charge in [-0.1, -0.05) is 101 Å². The quantitative estimate of drug-likeness (QED) is 0.207. The Morgan fingerprint density at radius 2 is 1.63 bits per heavy atom. The summed E-state index contributed by atoms with van der Waals surface area (Å²) in [7, 11) is 0. The molecule has 51 heavy (non-hydrogen) atoms. The molecule has 2 aliphatic heterocycles. The number of ether oxygens (including phenoxy) is 2. The fourth-order valence-electron chi connectivity index (χ4n) is 6.57. The Labute approximate surface area is 327 Å². The van der Waals surface area contributed by atoms with Crippen molar-refractivity contribution < 1.29 is 19.1 Å². The number of halogens is 5. The maximum atomic E-state index is 14.7. The van der Waals surface area contributed by atoms with Crippen molar-refractivity contribution in [3.8, 4) is 5.75 Å². The molecule has 2 heterocycles. The number of piperazine rings is 1. The molecular weight excluding hydrogens is 752 g/mol. The van der Waals surface area contributed by atoms with Crippen LogP contribution < -0.4 is 10.1 Å². The zero-order valence-corrected chi connectivity index (χ0v) is 33.7. The number of carbonyl (C=O) groups excluding carboxylic acids is 2. The second-order valence-electron chi connectivity index (χ2n) is 13.6. The molecule has 0 saturated carbocycles. The average molecular weight is 798 g/mol. The first kappa shape index (κ1) is 41.1. The van der Waals surface area contributed by atoms with Gasteiger partial charge in [-0.25, -0.2) is 4.79 Å². The van der Waals surface area contributed by atoms with Crippen molar-refractivity contribution in [3.63, 3.8) is 0 Å². The SMILES string of the molecule is CCN(Cc1ccccc1Cl)C(=O)C1=C(c2ccc(CCOc3c(C)ccc(C)c3C)cc2)CC2CNCC1N2C(=O)OC(C)(C)C(Cl)(Cl)Cl.Cl. The van der Waals surface area contributed by atoms with Crippen LogP contribution in [0.15, 0.2) is 66.2 Å². The standard InChI is InChI=1S/C39H45Cl4N3O4.ClH/c1-7-45(23-29-10-8-9-11-32(29)40)36(47)34-31(20-30-21-44-22-33(34)46(30)37(48)50-38(5,6)39(41,42)43)28-16-14-27(15-17-28)18-19-49-35-25(3)13-12-24(2)26(35)4;/h8-17,30,33,44H,7,18-23H2,1-6H3;1H. The van der Waals surface area contributed by atoms with Crippen molar-refractivity contribution in [1.29, 1.82) is 0 Å². The van der Waals surface area contributed by atoms with Gasteiger partial charge < -0.3 is 19.7 Å². The topological polar surface area (TPSA) is 71.1 Å². The number of hydrogen-bond donors (Lipinski definition) is 1. The van der Waals surface area contributed by atoms with Crippen LogP contribution in [-0.2, 0) is 22.5 Å². The van der Waals surface area contributed by atoms with E-state index in [1.54, 1.807) is 23.6 Å². The van der Waals surface area contributed by atoms with E-state index in [9.17, 15) is 9.59 Å². The number of benzene rings is 3. The van der Waals surface area contributed by atoms with E-state index in [2.05, 4.69) is 62.5 Å². The maximum Gasteiger partial charge on any atom is 0.411 e. The second kappa shape index (κ2) is 17.0. The first-order valence-electron chi connectivity index (χ1n) is 17.0. The predicted octanol–water partition coefficient (Wildman–Crippen LogP) is 9.44. The van der Waals surface area contributed by atoms with Crippen LogP contribution in [0.1, 0.15) is 60.6 Å². The van der Waals surface area contributed by atoms with Crippen molar-refractivity contribution in [2.24, 2.45) is 0 Å². The summed E-state index contributed by atoms with van der Waals surface area (Å²) in [6.45, 7) is 13.5. The zero-order valence-electron chi connectivity index (χ0n) is 29.8. The van der Waals surface area contributed by atoms with Crippen LogP contribution in [0, 0.1) is 20.8 Å². The molecule has 2 aliphatic rings. The molecule has 3 aromatic rings. The number of hydrogen-bond acceptors (Lipinski definition) is 5. The molecule has 1 N–H and O–H groups in total. The minimum Gasteiger partial charge on any atom is -0.493 e. The van der Waals surface area contributed by atoms with Gasteiger partial charge in [-0.2, -0.15) is 0 Å². The van der Waals surface area contributed by atoms with Gasteiger partial charge >= 0.3 is 6.09 Å². The van der Waals surface area contributed by atoms with Gasteiger partial charge in [0.2, 0.25) is 3.79 Å². The number of alkyl halides is 3. The van der Waals surface area contributed by atoms with Crippen molar-refractivity contribution in [2.75, 3.05) is 26.2 Å². The molecule has 2 amide bonds. The van der Waals surface area contributed by atoms with Gasteiger partial charge in [0.15, 0.2) is 5.60 Å². The van der Waals surface area contributed by atoms with Gasteiger partial charge in [0.1, 0.15) is 5.75 Å². The minimum atomic E-state index is -1.86. The summed E-state index contributed by atoms with van der Waals surface area (Å²) in [6.07, 6.45) is 0.532. The third kappa shape index (κ3) is 9.12. The molecule has 5 rings (SSSR count). The van der Waals surface area contributed by atoms with Crippen LogP contribution in [0.3, 0.4) is 0 Å². The van der Waals surface area contributed by atoms with Gasteiger partial charge in [0.05, 0.1) is 18.7 Å².